The summed E-state index contributed by atoms with van der Waals surface area (Å²) in [5.74, 6) is -0.115. The van der Waals surface area contributed by atoms with Crippen LogP contribution < -0.4 is 0 Å². The fourth-order valence-corrected chi connectivity index (χ4v) is 3.82. The molecule has 2 rings (SSSR count). The van der Waals surface area contributed by atoms with Crippen LogP contribution in [0.5, 0.6) is 0 Å². The predicted molar refractivity (Wildman–Crippen MR) is 59.7 cm³/mol. The van der Waals surface area contributed by atoms with E-state index in [0.29, 0.717) is 17.8 Å². The second kappa shape index (κ2) is 4.54. The third kappa shape index (κ3) is 2.35. The van der Waals surface area contributed by atoms with Crippen LogP contribution in [-0.2, 0) is 4.79 Å². The Balaban J connectivity index is 2.06. The van der Waals surface area contributed by atoms with Crippen LogP contribution in [0.4, 0.5) is 0 Å². The standard InChI is InChI=1S/C13H22O2/c14-12(15)10-11-6-2-5-9-13(11)7-3-1-4-8-13/h11H,1-10H2,(H,14,15). The third-order valence-corrected chi connectivity index (χ3v) is 4.61. The van der Waals surface area contributed by atoms with Gasteiger partial charge in [0.15, 0.2) is 0 Å². The van der Waals surface area contributed by atoms with Gasteiger partial charge in [-0.25, -0.2) is 0 Å². The highest BCUT2D eigenvalue weighted by Crippen LogP contribution is 2.52. The summed E-state index contributed by atoms with van der Waals surface area (Å²) in [5.41, 5.74) is 0.425. The van der Waals surface area contributed by atoms with Crippen molar-refractivity contribution in [3.05, 3.63) is 0 Å². The Morgan fingerprint density at radius 3 is 2.27 bits per heavy atom. The Kier molecular flexibility index (Phi) is 3.32. The molecule has 1 unspecified atom stereocenters. The molecule has 0 heterocycles. The number of carbonyl (C=O) groups is 1. The van der Waals surface area contributed by atoms with Crippen LogP contribution in [-0.4, -0.2) is 11.1 Å². The molecule has 86 valence electrons. The molecule has 15 heavy (non-hydrogen) atoms. The summed E-state index contributed by atoms with van der Waals surface area (Å²) in [5, 5.41) is 8.98. The molecule has 0 amide bonds. The first-order valence-electron chi connectivity index (χ1n) is 6.45. The Hall–Kier alpha value is -0.530. The summed E-state index contributed by atoms with van der Waals surface area (Å²) in [6.45, 7) is 0. The predicted octanol–water partition coefficient (Wildman–Crippen LogP) is 3.60. The number of carboxylic acid groups (broad SMARTS) is 1. The van der Waals surface area contributed by atoms with Gasteiger partial charge in [0, 0.05) is 6.42 Å². The van der Waals surface area contributed by atoms with Gasteiger partial charge in [0.05, 0.1) is 0 Å². The van der Waals surface area contributed by atoms with Gasteiger partial charge in [0.1, 0.15) is 0 Å². The molecule has 1 spiro atoms. The monoisotopic (exact) mass is 210 g/mol. The third-order valence-electron chi connectivity index (χ3n) is 4.61. The minimum absolute atomic E-state index is 0.417. The lowest BCUT2D eigenvalue weighted by atomic mass is 9.58. The molecule has 2 nitrogen and oxygen atoms in total. The van der Waals surface area contributed by atoms with Gasteiger partial charge in [-0.2, -0.15) is 0 Å². The maximum absolute atomic E-state index is 10.9. The van der Waals surface area contributed by atoms with Gasteiger partial charge in [-0.1, -0.05) is 32.1 Å². The highest BCUT2D eigenvalue weighted by molar-refractivity contribution is 5.67. The minimum atomic E-state index is -0.591. The Bertz CT molecular complexity index is 220. The Morgan fingerprint density at radius 2 is 1.67 bits per heavy atom. The van der Waals surface area contributed by atoms with Crippen molar-refractivity contribution in [1.82, 2.24) is 0 Å². The number of carboxylic acids is 1. The van der Waals surface area contributed by atoms with Crippen LogP contribution in [0.1, 0.15) is 64.2 Å². The molecule has 1 N–H and O–H groups in total. The smallest absolute Gasteiger partial charge is 0.303 e. The van der Waals surface area contributed by atoms with Crippen LogP contribution in [0.3, 0.4) is 0 Å². The van der Waals surface area contributed by atoms with Gasteiger partial charge in [0.25, 0.3) is 0 Å². The fourth-order valence-electron chi connectivity index (χ4n) is 3.82. The average molecular weight is 210 g/mol. The summed E-state index contributed by atoms with van der Waals surface area (Å²) < 4.78 is 0. The number of aliphatic carboxylic acids is 1. The lowest BCUT2D eigenvalue weighted by molar-refractivity contribution is -0.140. The van der Waals surface area contributed by atoms with Crippen molar-refractivity contribution < 1.29 is 9.90 Å². The zero-order valence-electron chi connectivity index (χ0n) is 9.50. The Morgan fingerprint density at radius 1 is 1.07 bits per heavy atom. The molecule has 0 saturated heterocycles. The zero-order chi connectivity index (χ0) is 10.7. The van der Waals surface area contributed by atoms with Gasteiger partial charge in [-0.3, -0.25) is 4.79 Å². The molecule has 0 radical (unpaired) electrons. The van der Waals surface area contributed by atoms with Crippen LogP contribution in [0.25, 0.3) is 0 Å². The van der Waals surface area contributed by atoms with Crippen molar-refractivity contribution in [3.8, 4) is 0 Å². The quantitative estimate of drug-likeness (QED) is 0.756. The van der Waals surface area contributed by atoms with E-state index in [1.54, 1.807) is 0 Å². The van der Waals surface area contributed by atoms with Crippen molar-refractivity contribution >= 4 is 5.97 Å². The van der Waals surface area contributed by atoms with Crippen molar-refractivity contribution in [2.24, 2.45) is 11.3 Å². The second-order valence-electron chi connectivity index (χ2n) is 5.46. The van der Waals surface area contributed by atoms with Gasteiger partial charge >= 0.3 is 5.97 Å². The molecular weight excluding hydrogens is 188 g/mol. The average Bonchev–Trinajstić information content (AvgIpc) is 2.23. The van der Waals surface area contributed by atoms with E-state index in [9.17, 15) is 4.79 Å². The molecule has 0 aromatic carbocycles. The summed E-state index contributed by atoms with van der Waals surface area (Å²) in [7, 11) is 0. The van der Waals surface area contributed by atoms with Crippen LogP contribution in [0.2, 0.25) is 0 Å². The van der Waals surface area contributed by atoms with E-state index in [4.69, 9.17) is 5.11 Å². The molecule has 2 saturated carbocycles. The zero-order valence-corrected chi connectivity index (χ0v) is 9.50. The topological polar surface area (TPSA) is 37.3 Å². The normalized spacial score (nSPS) is 30.3. The SMILES string of the molecule is O=C(O)CC1CCCCC12CCCCC2. The molecule has 0 aromatic rings. The highest BCUT2D eigenvalue weighted by atomic mass is 16.4. The van der Waals surface area contributed by atoms with Crippen LogP contribution in [0, 0.1) is 11.3 Å². The molecule has 2 fully saturated rings. The van der Waals surface area contributed by atoms with E-state index in [1.165, 1.54) is 51.4 Å². The molecule has 0 aromatic heterocycles. The molecule has 1 atom stereocenters. The molecule has 0 bridgehead atoms. The summed E-state index contributed by atoms with van der Waals surface area (Å²) in [6, 6.07) is 0. The van der Waals surface area contributed by atoms with Crippen LogP contribution >= 0.6 is 0 Å². The number of rotatable bonds is 2. The second-order valence-corrected chi connectivity index (χ2v) is 5.46. The lowest BCUT2D eigenvalue weighted by Crippen LogP contribution is -2.37. The van der Waals surface area contributed by atoms with Gasteiger partial charge in [0.2, 0.25) is 0 Å². The van der Waals surface area contributed by atoms with E-state index in [0.717, 1.165) is 6.42 Å². The minimum Gasteiger partial charge on any atom is -0.481 e. The van der Waals surface area contributed by atoms with E-state index in [2.05, 4.69) is 0 Å². The molecule has 2 aliphatic rings. The van der Waals surface area contributed by atoms with Crippen molar-refractivity contribution in [2.45, 2.75) is 64.2 Å². The molecule has 2 heteroatoms. The maximum Gasteiger partial charge on any atom is 0.303 e. The van der Waals surface area contributed by atoms with E-state index in [-0.39, 0.29) is 0 Å². The first-order chi connectivity index (χ1) is 7.23. The van der Waals surface area contributed by atoms with Gasteiger partial charge in [-0.15, -0.1) is 0 Å². The first kappa shape index (κ1) is 11.0. The lowest BCUT2D eigenvalue weighted by Gasteiger charge is -2.46. The summed E-state index contributed by atoms with van der Waals surface area (Å²) in [6.07, 6.45) is 12.1. The van der Waals surface area contributed by atoms with E-state index >= 15 is 0 Å². The summed E-state index contributed by atoms with van der Waals surface area (Å²) >= 11 is 0. The van der Waals surface area contributed by atoms with Gasteiger partial charge < -0.3 is 5.11 Å². The van der Waals surface area contributed by atoms with Crippen LogP contribution in [0.15, 0.2) is 0 Å². The largest absolute Gasteiger partial charge is 0.481 e. The number of hydrogen-bond acceptors (Lipinski definition) is 1. The number of hydrogen-bond donors (Lipinski definition) is 1. The highest BCUT2D eigenvalue weighted by Gasteiger charge is 2.41. The molecule has 2 aliphatic carbocycles. The van der Waals surface area contributed by atoms with E-state index in [1.807, 2.05) is 0 Å². The molecular formula is C13H22O2. The summed E-state index contributed by atoms with van der Waals surface area (Å²) in [4.78, 5) is 10.9. The van der Waals surface area contributed by atoms with Crippen molar-refractivity contribution in [3.63, 3.8) is 0 Å². The van der Waals surface area contributed by atoms with E-state index < -0.39 is 5.97 Å². The molecule has 0 aliphatic heterocycles. The van der Waals surface area contributed by atoms with Gasteiger partial charge in [-0.05, 0) is 37.0 Å². The van der Waals surface area contributed by atoms with Crippen molar-refractivity contribution in [2.75, 3.05) is 0 Å². The maximum atomic E-state index is 10.9. The van der Waals surface area contributed by atoms with Crippen molar-refractivity contribution in [1.29, 1.82) is 0 Å². The Labute approximate surface area is 92.1 Å². The fraction of sp³-hybridized carbons (Fsp3) is 0.923. The first-order valence-corrected chi connectivity index (χ1v) is 6.45.